The van der Waals surface area contributed by atoms with Crippen molar-refractivity contribution < 1.29 is 38.1 Å². The van der Waals surface area contributed by atoms with E-state index < -0.39 is 30.3 Å². The monoisotopic (exact) mass is 492 g/mol. The summed E-state index contributed by atoms with van der Waals surface area (Å²) in [5.74, 6) is -0.947. The first-order valence-corrected chi connectivity index (χ1v) is 9.20. The van der Waals surface area contributed by atoms with Crippen LogP contribution in [-0.2, 0) is 38.1 Å². The van der Waals surface area contributed by atoms with Crippen molar-refractivity contribution in [2.24, 2.45) is 0 Å². The van der Waals surface area contributed by atoms with Crippen LogP contribution in [0.3, 0.4) is 0 Å². The number of hydrogen-bond donors (Lipinski definition) is 0. The van der Waals surface area contributed by atoms with E-state index in [9.17, 15) is 19.2 Å². The Morgan fingerprint density at radius 2 is 1.35 bits per heavy atom. The van der Waals surface area contributed by atoms with Crippen molar-refractivity contribution in [3.63, 3.8) is 0 Å². The molecule has 0 radical (unpaired) electrons. The summed E-state index contributed by atoms with van der Waals surface area (Å²) in [4.78, 5) is 44.8. The third-order valence-corrected chi connectivity index (χ3v) is 6.16. The van der Waals surface area contributed by atoms with Gasteiger partial charge in [0.1, 0.15) is 12.2 Å². The Balaban J connectivity index is 0.000000151. The smallest absolute Gasteiger partial charge is 0.337 e. The summed E-state index contributed by atoms with van der Waals surface area (Å²) in [5.41, 5.74) is 0.774. The molecule has 0 saturated carbocycles. The average Bonchev–Trinajstić information content (AvgIpc) is 3.33. The van der Waals surface area contributed by atoms with Crippen LogP contribution in [0.15, 0.2) is 20.1 Å². The van der Waals surface area contributed by atoms with E-state index in [1.54, 1.807) is 0 Å². The SMILES string of the molecule is COC(=O)C1=C(Br)[C@@H]2CC(=O)[C@H]1O2.COC(=O)C1=C(Br)[C@H]2O[C@@H]1CC2=O. The van der Waals surface area contributed by atoms with Crippen molar-refractivity contribution in [3.8, 4) is 0 Å². The molecular weight excluding hydrogens is 480 g/mol. The molecule has 0 unspecified atom stereocenters. The van der Waals surface area contributed by atoms with Gasteiger partial charge in [-0.1, -0.05) is 31.9 Å². The average molecular weight is 494 g/mol. The van der Waals surface area contributed by atoms with E-state index in [4.69, 9.17) is 9.47 Å². The van der Waals surface area contributed by atoms with Gasteiger partial charge in [-0.15, -0.1) is 0 Å². The van der Waals surface area contributed by atoms with Crippen LogP contribution in [0, 0.1) is 0 Å². The lowest BCUT2D eigenvalue weighted by atomic mass is 9.98. The van der Waals surface area contributed by atoms with Gasteiger partial charge in [0, 0.05) is 21.8 Å². The van der Waals surface area contributed by atoms with Crippen LogP contribution >= 0.6 is 31.9 Å². The number of methoxy groups -OCH3 is 2. The number of fused-ring (bicyclic) bond motifs is 4. The van der Waals surface area contributed by atoms with E-state index in [2.05, 4.69) is 41.3 Å². The van der Waals surface area contributed by atoms with Crippen molar-refractivity contribution >= 4 is 55.4 Å². The third kappa shape index (κ3) is 3.08. The lowest BCUT2D eigenvalue weighted by molar-refractivity contribution is -0.138. The predicted molar refractivity (Wildman–Crippen MR) is 92.5 cm³/mol. The fraction of sp³-hybridized carbons (Fsp3) is 0.500. The Hall–Kier alpha value is -1.36. The Morgan fingerprint density at radius 3 is 1.85 bits per heavy atom. The minimum Gasteiger partial charge on any atom is -0.466 e. The minimum atomic E-state index is -0.702. The fourth-order valence-corrected chi connectivity index (χ4v) is 4.57. The summed E-state index contributed by atoms with van der Waals surface area (Å²) < 4.78 is 20.8. The second kappa shape index (κ2) is 7.34. The van der Waals surface area contributed by atoms with Crippen LogP contribution in [0.4, 0.5) is 0 Å². The van der Waals surface area contributed by atoms with Crippen LogP contribution < -0.4 is 0 Å². The van der Waals surface area contributed by atoms with E-state index in [-0.39, 0.29) is 24.1 Å². The first-order valence-electron chi connectivity index (χ1n) is 7.62. The molecule has 26 heavy (non-hydrogen) atoms. The van der Waals surface area contributed by atoms with Crippen LogP contribution in [0.1, 0.15) is 12.8 Å². The number of ketones is 2. The highest BCUT2D eigenvalue weighted by Gasteiger charge is 2.49. The molecule has 4 aliphatic rings. The molecule has 4 aliphatic heterocycles. The Kier molecular flexibility index (Phi) is 5.48. The number of halogens is 2. The van der Waals surface area contributed by atoms with Gasteiger partial charge in [-0.05, 0) is 0 Å². The molecular formula is C16H14Br2O8. The Bertz CT molecular complexity index is 768. The van der Waals surface area contributed by atoms with Gasteiger partial charge in [0.15, 0.2) is 11.6 Å². The molecule has 0 N–H and O–H groups in total. The quantitative estimate of drug-likeness (QED) is 0.526. The van der Waals surface area contributed by atoms with Gasteiger partial charge in [-0.3, -0.25) is 9.59 Å². The summed E-state index contributed by atoms with van der Waals surface area (Å²) in [6.07, 6.45) is -1.31. The second-order valence-corrected chi connectivity index (χ2v) is 7.57. The van der Waals surface area contributed by atoms with Crippen LogP contribution in [-0.4, -0.2) is 62.1 Å². The van der Waals surface area contributed by atoms with Crippen molar-refractivity contribution in [3.05, 3.63) is 20.1 Å². The number of Topliss-reactive ketones (excluding diaryl/α,β-unsaturated/α-hetero) is 2. The van der Waals surface area contributed by atoms with Crippen molar-refractivity contribution in [1.29, 1.82) is 0 Å². The van der Waals surface area contributed by atoms with E-state index in [0.717, 1.165) is 0 Å². The van der Waals surface area contributed by atoms with Crippen molar-refractivity contribution in [2.45, 2.75) is 37.3 Å². The maximum atomic E-state index is 11.2. The highest BCUT2D eigenvalue weighted by Crippen LogP contribution is 2.41. The third-order valence-electron chi connectivity index (χ3n) is 4.38. The van der Waals surface area contributed by atoms with Gasteiger partial charge < -0.3 is 18.9 Å². The fourth-order valence-electron chi connectivity index (χ4n) is 3.15. The summed E-state index contributed by atoms with van der Waals surface area (Å²) >= 11 is 6.41. The maximum absolute atomic E-state index is 11.2. The second-order valence-electron chi connectivity index (χ2n) is 5.86. The lowest BCUT2D eigenvalue weighted by Gasteiger charge is -2.09. The molecule has 4 bridgehead atoms. The number of carbonyl (C=O) groups excluding carboxylic acids is 4. The van der Waals surface area contributed by atoms with Crippen molar-refractivity contribution in [2.75, 3.05) is 14.2 Å². The largest absolute Gasteiger partial charge is 0.466 e. The molecule has 8 nitrogen and oxygen atoms in total. The summed E-state index contributed by atoms with van der Waals surface area (Å²) in [6.45, 7) is 0. The van der Waals surface area contributed by atoms with Crippen molar-refractivity contribution in [1.82, 2.24) is 0 Å². The topological polar surface area (TPSA) is 105 Å². The summed E-state index contributed by atoms with van der Waals surface area (Å²) in [5, 5.41) is 0. The highest BCUT2D eigenvalue weighted by atomic mass is 79.9. The molecule has 4 heterocycles. The highest BCUT2D eigenvalue weighted by molar-refractivity contribution is 9.12. The number of esters is 2. The van der Waals surface area contributed by atoms with E-state index in [0.29, 0.717) is 26.5 Å². The molecule has 4 atom stereocenters. The molecule has 0 aromatic heterocycles. The maximum Gasteiger partial charge on any atom is 0.337 e. The van der Waals surface area contributed by atoms with E-state index in [1.165, 1.54) is 14.2 Å². The first-order chi connectivity index (χ1) is 12.3. The predicted octanol–water partition coefficient (Wildman–Crippen LogP) is 1.10. The van der Waals surface area contributed by atoms with E-state index in [1.807, 2.05) is 0 Å². The number of ether oxygens (including phenoxy) is 4. The van der Waals surface area contributed by atoms with Gasteiger partial charge in [-0.2, -0.15) is 0 Å². The standard InChI is InChI=1S/2C8H7BrO4/c1-12-8(11)5-6(9)4-2-3(10)7(5)13-4;1-12-8(11)5-4-2-3(10)7(13-4)6(5)9/h2*4,7H,2H2,1H3/t2*4-,7+/m01/s1. The minimum absolute atomic E-state index is 0.0181. The molecule has 0 spiro atoms. The van der Waals surface area contributed by atoms with Gasteiger partial charge in [0.05, 0.1) is 37.6 Å². The summed E-state index contributed by atoms with van der Waals surface area (Å²) in [7, 11) is 2.59. The molecule has 4 rings (SSSR count). The van der Waals surface area contributed by atoms with Crippen LogP contribution in [0.5, 0.6) is 0 Å². The summed E-state index contributed by atoms with van der Waals surface area (Å²) in [6, 6.07) is 0. The van der Waals surface area contributed by atoms with Crippen LogP contribution in [0.2, 0.25) is 0 Å². The Labute approximate surface area is 165 Å². The molecule has 0 aliphatic carbocycles. The molecule has 0 aromatic carbocycles. The zero-order chi connectivity index (χ0) is 19.2. The number of rotatable bonds is 2. The zero-order valence-electron chi connectivity index (χ0n) is 13.7. The molecule has 2 saturated heterocycles. The van der Waals surface area contributed by atoms with E-state index >= 15 is 0 Å². The number of carbonyl (C=O) groups is 4. The number of hydrogen-bond acceptors (Lipinski definition) is 8. The Morgan fingerprint density at radius 1 is 0.846 bits per heavy atom. The zero-order valence-corrected chi connectivity index (χ0v) is 16.9. The van der Waals surface area contributed by atoms with Gasteiger partial charge >= 0.3 is 11.9 Å². The van der Waals surface area contributed by atoms with Gasteiger partial charge in [-0.25, -0.2) is 9.59 Å². The first kappa shape index (κ1) is 19.4. The molecule has 10 heteroatoms. The van der Waals surface area contributed by atoms with Crippen LogP contribution in [0.25, 0.3) is 0 Å². The molecule has 0 aromatic rings. The molecule has 0 amide bonds. The van der Waals surface area contributed by atoms with Gasteiger partial charge in [0.25, 0.3) is 0 Å². The normalized spacial score (nSPS) is 31.4. The van der Waals surface area contributed by atoms with Gasteiger partial charge in [0.2, 0.25) is 0 Å². The lowest BCUT2D eigenvalue weighted by Crippen LogP contribution is -2.24. The molecule has 140 valence electrons. The molecule has 2 fully saturated rings.